The van der Waals surface area contributed by atoms with Gasteiger partial charge < -0.3 is 5.11 Å². The van der Waals surface area contributed by atoms with Gasteiger partial charge in [0.15, 0.2) is 0 Å². The van der Waals surface area contributed by atoms with Crippen LogP contribution in [0.3, 0.4) is 0 Å². The van der Waals surface area contributed by atoms with Gasteiger partial charge in [0.2, 0.25) is 0 Å². The molecule has 2 heterocycles. The quantitative estimate of drug-likeness (QED) is 0.799. The van der Waals surface area contributed by atoms with E-state index in [2.05, 4.69) is 9.97 Å². The topological polar surface area (TPSA) is 85.1 Å². The number of aromatic nitrogens is 3. The third-order valence-electron chi connectivity index (χ3n) is 3.47. The molecule has 0 aliphatic heterocycles. The maximum absolute atomic E-state index is 12.7. The summed E-state index contributed by atoms with van der Waals surface area (Å²) in [6.07, 6.45) is 3.16. The van der Waals surface area contributed by atoms with Crippen molar-refractivity contribution < 1.29 is 9.90 Å². The fraction of sp³-hybridized carbons (Fsp3) is 0.125. The molecule has 3 rings (SSSR count). The fourth-order valence-corrected chi connectivity index (χ4v) is 2.31. The van der Waals surface area contributed by atoms with Crippen LogP contribution in [0.1, 0.15) is 13.0 Å². The number of pyridine rings is 1. The van der Waals surface area contributed by atoms with Gasteiger partial charge in [-0.1, -0.05) is 12.1 Å². The van der Waals surface area contributed by atoms with Crippen LogP contribution < -0.4 is 5.56 Å². The summed E-state index contributed by atoms with van der Waals surface area (Å²) >= 11 is 0. The molecule has 1 N–H and O–H groups in total. The van der Waals surface area contributed by atoms with Crippen LogP contribution in [0.5, 0.6) is 0 Å². The van der Waals surface area contributed by atoms with Crippen LogP contribution >= 0.6 is 0 Å². The zero-order chi connectivity index (χ0) is 15.7. The lowest BCUT2D eigenvalue weighted by Gasteiger charge is -2.16. The summed E-state index contributed by atoms with van der Waals surface area (Å²) in [6, 6.07) is 9.31. The van der Waals surface area contributed by atoms with Gasteiger partial charge in [0.25, 0.3) is 5.56 Å². The van der Waals surface area contributed by atoms with Crippen molar-refractivity contribution in [3.05, 3.63) is 59.1 Å². The first kappa shape index (κ1) is 13.9. The number of aliphatic carboxylic acids is 1. The van der Waals surface area contributed by atoms with Crippen LogP contribution in [-0.2, 0) is 4.79 Å². The summed E-state index contributed by atoms with van der Waals surface area (Å²) < 4.78 is 1.20. The molecule has 1 unspecified atom stereocenters. The van der Waals surface area contributed by atoms with Crippen molar-refractivity contribution in [2.75, 3.05) is 0 Å². The Morgan fingerprint density at radius 1 is 1.23 bits per heavy atom. The van der Waals surface area contributed by atoms with E-state index in [1.165, 1.54) is 11.5 Å². The fourth-order valence-electron chi connectivity index (χ4n) is 2.31. The van der Waals surface area contributed by atoms with Crippen LogP contribution in [0.2, 0.25) is 0 Å². The first-order chi connectivity index (χ1) is 10.6. The van der Waals surface area contributed by atoms with Crippen molar-refractivity contribution in [3.63, 3.8) is 0 Å². The van der Waals surface area contributed by atoms with Gasteiger partial charge in [0.05, 0.1) is 10.9 Å². The van der Waals surface area contributed by atoms with Gasteiger partial charge in [-0.2, -0.15) is 0 Å². The van der Waals surface area contributed by atoms with Gasteiger partial charge in [-0.25, -0.2) is 9.78 Å². The average Bonchev–Trinajstić information content (AvgIpc) is 2.55. The third-order valence-corrected chi connectivity index (χ3v) is 3.47. The molecule has 0 aliphatic rings. The minimum Gasteiger partial charge on any atom is -0.480 e. The number of rotatable bonds is 3. The molecule has 0 saturated heterocycles. The molecular weight excluding hydrogens is 282 g/mol. The number of benzene rings is 1. The number of carbonyl (C=O) groups is 1. The minimum absolute atomic E-state index is 0.298. The average molecular weight is 295 g/mol. The second-order valence-electron chi connectivity index (χ2n) is 4.88. The van der Waals surface area contributed by atoms with Gasteiger partial charge in [-0.15, -0.1) is 0 Å². The summed E-state index contributed by atoms with van der Waals surface area (Å²) in [6.45, 7) is 1.46. The molecular formula is C16H13N3O3. The number of carboxylic acids is 1. The maximum atomic E-state index is 12.7. The molecule has 3 aromatic rings. The predicted octanol–water partition coefficient (Wildman–Crippen LogP) is 2.10. The number of fused-ring (bicyclic) bond motifs is 1. The van der Waals surface area contributed by atoms with Crippen molar-refractivity contribution in [3.8, 4) is 11.4 Å². The first-order valence-corrected chi connectivity index (χ1v) is 6.74. The van der Waals surface area contributed by atoms with Crippen molar-refractivity contribution in [2.24, 2.45) is 0 Å². The standard InChI is InChI=1S/C16H13N3O3/c1-10(16(21)22)19-14(11-5-4-8-17-9-11)18-13-7-3-2-6-12(13)15(19)20/h2-10H,1H3,(H,21,22). The van der Waals surface area contributed by atoms with Crippen molar-refractivity contribution >= 4 is 16.9 Å². The molecule has 1 aromatic carbocycles. The Morgan fingerprint density at radius 2 is 2.00 bits per heavy atom. The van der Waals surface area contributed by atoms with Crippen LogP contribution in [0.25, 0.3) is 22.3 Å². The SMILES string of the molecule is CC(C(=O)O)n1c(-c2cccnc2)nc2ccccc2c1=O. The Morgan fingerprint density at radius 3 is 2.68 bits per heavy atom. The Labute approximate surface area is 125 Å². The van der Waals surface area contributed by atoms with Crippen LogP contribution in [0.4, 0.5) is 0 Å². The van der Waals surface area contributed by atoms with Gasteiger partial charge in [0.1, 0.15) is 11.9 Å². The Balaban J connectivity index is 2.41. The van der Waals surface area contributed by atoms with E-state index in [0.29, 0.717) is 22.3 Å². The second-order valence-corrected chi connectivity index (χ2v) is 4.88. The Bertz CT molecular complexity index is 903. The minimum atomic E-state index is -1.09. The van der Waals surface area contributed by atoms with Gasteiger partial charge in [-0.3, -0.25) is 14.3 Å². The molecule has 0 saturated carbocycles. The number of hydrogen-bond donors (Lipinski definition) is 1. The smallest absolute Gasteiger partial charge is 0.326 e. The van der Waals surface area contributed by atoms with Crippen LogP contribution in [-0.4, -0.2) is 25.6 Å². The molecule has 0 aliphatic carbocycles. The third kappa shape index (κ3) is 2.24. The number of para-hydroxylation sites is 1. The van der Waals surface area contributed by atoms with Crippen molar-refractivity contribution in [1.29, 1.82) is 0 Å². The second kappa shape index (κ2) is 5.40. The van der Waals surface area contributed by atoms with Crippen LogP contribution in [0.15, 0.2) is 53.6 Å². The van der Waals surface area contributed by atoms with E-state index in [9.17, 15) is 14.7 Å². The summed E-state index contributed by atoms with van der Waals surface area (Å²) in [5.41, 5.74) is 0.748. The molecule has 0 spiro atoms. The Hall–Kier alpha value is -3.02. The van der Waals surface area contributed by atoms with Crippen molar-refractivity contribution in [2.45, 2.75) is 13.0 Å². The summed E-state index contributed by atoms with van der Waals surface area (Å²) in [4.78, 5) is 32.6. The lowest BCUT2D eigenvalue weighted by Crippen LogP contribution is -2.30. The lowest BCUT2D eigenvalue weighted by atomic mass is 10.2. The molecule has 6 heteroatoms. The molecule has 0 fully saturated rings. The largest absolute Gasteiger partial charge is 0.480 e. The molecule has 22 heavy (non-hydrogen) atoms. The van der Waals surface area contributed by atoms with Crippen molar-refractivity contribution in [1.82, 2.24) is 14.5 Å². The molecule has 1 atom stereocenters. The van der Waals surface area contributed by atoms with E-state index >= 15 is 0 Å². The lowest BCUT2D eigenvalue weighted by molar-refractivity contribution is -0.140. The van der Waals surface area contributed by atoms with E-state index in [4.69, 9.17) is 0 Å². The molecule has 0 radical (unpaired) electrons. The highest BCUT2D eigenvalue weighted by Gasteiger charge is 2.21. The zero-order valence-corrected chi connectivity index (χ0v) is 11.8. The molecule has 2 aromatic heterocycles. The van der Waals surface area contributed by atoms with Gasteiger partial charge in [0, 0.05) is 18.0 Å². The van der Waals surface area contributed by atoms with E-state index in [1.807, 2.05) is 0 Å². The summed E-state index contributed by atoms with van der Waals surface area (Å²) in [5, 5.41) is 9.69. The van der Waals surface area contributed by atoms with E-state index < -0.39 is 12.0 Å². The highest BCUT2D eigenvalue weighted by atomic mass is 16.4. The summed E-state index contributed by atoms with van der Waals surface area (Å²) in [7, 11) is 0. The predicted molar refractivity (Wildman–Crippen MR) is 81.6 cm³/mol. The van der Waals surface area contributed by atoms with Gasteiger partial charge >= 0.3 is 5.97 Å². The number of hydrogen-bond acceptors (Lipinski definition) is 4. The Kier molecular flexibility index (Phi) is 3.42. The molecule has 0 amide bonds. The van der Waals surface area contributed by atoms with E-state index in [1.54, 1.807) is 48.8 Å². The van der Waals surface area contributed by atoms with Crippen LogP contribution in [0, 0.1) is 0 Å². The monoisotopic (exact) mass is 295 g/mol. The highest BCUT2D eigenvalue weighted by Crippen LogP contribution is 2.21. The summed E-state index contributed by atoms with van der Waals surface area (Å²) in [5.74, 6) is -0.795. The number of carboxylic acid groups (broad SMARTS) is 1. The number of nitrogens with zero attached hydrogens (tertiary/aromatic N) is 3. The van der Waals surface area contributed by atoms with E-state index in [0.717, 1.165) is 0 Å². The highest BCUT2D eigenvalue weighted by molar-refractivity contribution is 5.81. The zero-order valence-electron chi connectivity index (χ0n) is 11.8. The normalized spacial score (nSPS) is 12.2. The van der Waals surface area contributed by atoms with Gasteiger partial charge in [-0.05, 0) is 31.2 Å². The van der Waals surface area contributed by atoms with E-state index in [-0.39, 0.29) is 5.56 Å². The molecule has 0 bridgehead atoms. The molecule has 110 valence electrons. The molecule has 6 nitrogen and oxygen atoms in total. The first-order valence-electron chi connectivity index (χ1n) is 6.74. The maximum Gasteiger partial charge on any atom is 0.326 e.